The van der Waals surface area contributed by atoms with Crippen LogP contribution in [-0.4, -0.2) is 72.3 Å². The van der Waals surface area contributed by atoms with Crippen LogP contribution < -0.4 is 0 Å². The largest absolute Gasteiger partial charge is 0.423 e. The molecule has 3 fully saturated rings. The standard InChI is InChI=1S/C20H32N4O5S/c1-30(26,27)24-10-4-2-7-17(24)20-22-21-19(29-20)15-8-11-23(12-9-15)18(25)14-16-6-3-5-13-28-16/h15-17H,2-14H2,1H3/t16-,17+/m0/s1. The Labute approximate surface area is 178 Å². The van der Waals surface area contributed by atoms with E-state index in [2.05, 4.69) is 10.2 Å². The second-order valence-electron chi connectivity index (χ2n) is 8.71. The first-order valence-electron chi connectivity index (χ1n) is 11.1. The summed E-state index contributed by atoms with van der Waals surface area (Å²) < 4.78 is 37.3. The number of carbonyl (C=O) groups excluding carboxylic acids is 1. The summed E-state index contributed by atoms with van der Waals surface area (Å²) in [5.41, 5.74) is 0. The van der Waals surface area contributed by atoms with Crippen LogP contribution in [-0.2, 0) is 19.6 Å². The number of carbonyl (C=O) groups is 1. The first-order chi connectivity index (χ1) is 14.4. The third-order valence-corrected chi connectivity index (χ3v) is 7.78. The van der Waals surface area contributed by atoms with E-state index in [1.807, 2.05) is 4.90 Å². The molecule has 30 heavy (non-hydrogen) atoms. The second kappa shape index (κ2) is 9.32. The van der Waals surface area contributed by atoms with Crippen LogP contribution in [0.25, 0.3) is 0 Å². The molecular formula is C20H32N4O5S. The van der Waals surface area contributed by atoms with E-state index in [0.29, 0.717) is 44.3 Å². The van der Waals surface area contributed by atoms with Gasteiger partial charge in [0.2, 0.25) is 27.7 Å². The zero-order chi connectivity index (χ0) is 21.1. The van der Waals surface area contributed by atoms with Crippen molar-refractivity contribution in [2.75, 3.05) is 32.5 Å². The van der Waals surface area contributed by atoms with Gasteiger partial charge in [0.1, 0.15) is 6.04 Å². The van der Waals surface area contributed by atoms with Gasteiger partial charge in [0, 0.05) is 32.2 Å². The van der Waals surface area contributed by atoms with E-state index in [1.165, 1.54) is 10.6 Å². The van der Waals surface area contributed by atoms with Gasteiger partial charge in [-0.15, -0.1) is 10.2 Å². The lowest BCUT2D eigenvalue weighted by atomic mass is 9.96. The number of amides is 1. The maximum atomic E-state index is 12.6. The predicted molar refractivity (Wildman–Crippen MR) is 109 cm³/mol. The molecular weight excluding hydrogens is 408 g/mol. The van der Waals surface area contributed by atoms with Gasteiger partial charge >= 0.3 is 0 Å². The van der Waals surface area contributed by atoms with Crippen LogP contribution in [0, 0.1) is 0 Å². The van der Waals surface area contributed by atoms with E-state index < -0.39 is 10.0 Å². The van der Waals surface area contributed by atoms with Crippen LogP contribution >= 0.6 is 0 Å². The third kappa shape index (κ3) is 5.03. The van der Waals surface area contributed by atoms with Gasteiger partial charge in [-0.05, 0) is 44.9 Å². The predicted octanol–water partition coefficient (Wildman–Crippen LogP) is 2.22. The molecule has 0 aromatic carbocycles. The molecule has 0 spiro atoms. The topological polar surface area (TPSA) is 106 Å². The van der Waals surface area contributed by atoms with E-state index in [0.717, 1.165) is 51.6 Å². The molecule has 0 N–H and O–H groups in total. The zero-order valence-electron chi connectivity index (χ0n) is 17.7. The number of hydrogen-bond donors (Lipinski definition) is 0. The maximum absolute atomic E-state index is 12.6. The highest BCUT2D eigenvalue weighted by Crippen LogP contribution is 2.34. The van der Waals surface area contributed by atoms with Crippen LogP contribution in [0.4, 0.5) is 0 Å². The van der Waals surface area contributed by atoms with Crippen molar-refractivity contribution in [3.05, 3.63) is 11.8 Å². The fourth-order valence-electron chi connectivity index (χ4n) is 4.76. The molecule has 0 radical (unpaired) electrons. The average molecular weight is 441 g/mol. The molecule has 1 aromatic heterocycles. The summed E-state index contributed by atoms with van der Waals surface area (Å²) in [6.45, 7) is 2.60. The van der Waals surface area contributed by atoms with E-state index in [-0.39, 0.29) is 24.0 Å². The van der Waals surface area contributed by atoms with Crippen molar-refractivity contribution in [2.45, 2.75) is 75.9 Å². The van der Waals surface area contributed by atoms with Crippen molar-refractivity contribution >= 4 is 15.9 Å². The lowest BCUT2D eigenvalue weighted by molar-refractivity contribution is -0.136. The van der Waals surface area contributed by atoms with Crippen molar-refractivity contribution < 1.29 is 22.4 Å². The molecule has 1 amide bonds. The van der Waals surface area contributed by atoms with E-state index in [9.17, 15) is 13.2 Å². The minimum Gasteiger partial charge on any atom is -0.423 e. The highest BCUT2D eigenvalue weighted by molar-refractivity contribution is 7.88. The van der Waals surface area contributed by atoms with Gasteiger partial charge < -0.3 is 14.1 Å². The fourth-order valence-corrected chi connectivity index (χ4v) is 5.88. The Balaban J connectivity index is 1.33. The molecule has 2 atom stereocenters. The first-order valence-corrected chi connectivity index (χ1v) is 13.0. The molecule has 3 aliphatic rings. The van der Waals surface area contributed by atoms with E-state index in [4.69, 9.17) is 9.15 Å². The molecule has 3 saturated heterocycles. The fraction of sp³-hybridized carbons (Fsp3) is 0.850. The monoisotopic (exact) mass is 440 g/mol. The number of likely N-dealkylation sites (tertiary alicyclic amines) is 1. The van der Waals surface area contributed by atoms with Gasteiger partial charge in [-0.1, -0.05) is 6.42 Å². The van der Waals surface area contributed by atoms with Crippen molar-refractivity contribution in [2.24, 2.45) is 0 Å². The Bertz CT molecular complexity index is 828. The second-order valence-corrected chi connectivity index (χ2v) is 10.6. The summed E-state index contributed by atoms with van der Waals surface area (Å²) in [5.74, 6) is 1.23. The number of sulfonamides is 1. The number of rotatable bonds is 5. The Hall–Kier alpha value is -1.52. The van der Waals surface area contributed by atoms with Gasteiger partial charge in [-0.25, -0.2) is 8.42 Å². The van der Waals surface area contributed by atoms with Crippen LogP contribution in [0.3, 0.4) is 0 Å². The lowest BCUT2D eigenvalue weighted by Gasteiger charge is -2.32. The molecule has 168 valence electrons. The van der Waals surface area contributed by atoms with Gasteiger partial charge in [0.15, 0.2) is 0 Å². The molecule has 0 bridgehead atoms. The maximum Gasteiger partial charge on any atom is 0.234 e. The van der Waals surface area contributed by atoms with Crippen molar-refractivity contribution in [3.8, 4) is 0 Å². The van der Waals surface area contributed by atoms with Gasteiger partial charge in [0.25, 0.3) is 0 Å². The van der Waals surface area contributed by atoms with Crippen molar-refractivity contribution in [3.63, 3.8) is 0 Å². The highest BCUT2D eigenvalue weighted by Gasteiger charge is 2.35. The highest BCUT2D eigenvalue weighted by atomic mass is 32.2. The summed E-state index contributed by atoms with van der Waals surface area (Å²) in [4.78, 5) is 14.5. The van der Waals surface area contributed by atoms with Gasteiger partial charge in [-0.3, -0.25) is 4.79 Å². The first kappa shape index (κ1) is 21.7. The van der Waals surface area contributed by atoms with Crippen LogP contribution in [0.15, 0.2) is 4.42 Å². The smallest absolute Gasteiger partial charge is 0.234 e. The third-order valence-electron chi connectivity index (χ3n) is 6.49. The van der Waals surface area contributed by atoms with Gasteiger partial charge in [-0.2, -0.15) is 4.31 Å². The zero-order valence-corrected chi connectivity index (χ0v) is 18.5. The normalized spacial score (nSPS) is 27.3. The van der Waals surface area contributed by atoms with E-state index in [1.54, 1.807) is 0 Å². The SMILES string of the molecule is CS(=O)(=O)N1CCCC[C@@H]1c1nnc(C2CCN(C(=O)C[C@@H]3CCCCO3)CC2)o1. The van der Waals surface area contributed by atoms with Crippen LogP contribution in [0.2, 0.25) is 0 Å². The van der Waals surface area contributed by atoms with Gasteiger partial charge in [0.05, 0.1) is 18.8 Å². The number of aromatic nitrogens is 2. The summed E-state index contributed by atoms with van der Waals surface area (Å²) in [5, 5.41) is 8.42. The molecule has 0 saturated carbocycles. The summed E-state index contributed by atoms with van der Waals surface area (Å²) in [6.07, 6.45) is 9.01. The average Bonchev–Trinajstić information content (AvgIpc) is 3.24. The number of piperidine rings is 2. The quantitative estimate of drug-likeness (QED) is 0.691. The number of ether oxygens (including phenoxy) is 1. The Morgan fingerprint density at radius 3 is 2.43 bits per heavy atom. The van der Waals surface area contributed by atoms with Crippen molar-refractivity contribution in [1.82, 2.24) is 19.4 Å². The lowest BCUT2D eigenvalue weighted by Crippen LogP contribution is -2.40. The molecule has 4 rings (SSSR count). The Morgan fingerprint density at radius 1 is 1.00 bits per heavy atom. The minimum absolute atomic E-state index is 0.0655. The molecule has 3 aliphatic heterocycles. The molecule has 10 heteroatoms. The minimum atomic E-state index is -3.32. The Morgan fingerprint density at radius 2 is 1.73 bits per heavy atom. The van der Waals surface area contributed by atoms with Crippen molar-refractivity contribution in [1.29, 1.82) is 0 Å². The number of hydrogen-bond acceptors (Lipinski definition) is 7. The van der Waals surface area contributed by atoms with E-state index >= 15 is 0 Å². The Kier molecular flexibility index (Phi) is 6.74. The van der Waals surface area contributed by atoms with Crippen LogP contribution in [0.5, 0.6) is 0 Å². The molecule has 9 nitrogen and oxygen atoms in total. The van der Waals surface area contributed by atoms with Crippen LogP contribution in [0.1, 0.15) is 81.5 Å². The molecule has 1 aromatic rings. The summed E-state index contributed by atoms with van der Waals surface area (Å²) in [6, 6.07) is -0.368. The molecule has 0 unspecified atom stereocenters. The molecule has 0 aliphatic carbocycles. The summed E-state index contributed by atoms with van der Waals surface area (Å²) in [7, 11) is -3.32. The summed E-state index contributed by atoms with van der Waals surface area (Å²) >= 11 is 0. The molecule has 4 heterocycles. The number of nitrogens with zero attached hydrogens (tertiary/aromatic N) is 4.